The Kier molecular flexibility index (Phi) is 5.69. The molecule has 6 heteroatoms. The Balaban J connectivity index is 2.06. The van der Waals surface area contributed by atoms with E-state index in [0.29, 0.717) is 18.4 Å². The molecular formula is C17H20FN3O2. The minimum absolute atomic E-state index is 0.0425. The molecular weight excluding hydrogens is 297 g/mol. The van der Waals surface area contributed by atoms with Crippen LogP contribution in [0.2, 0.25) is 0 Å². The summed E-state index contributed by atoms with van der Waals surface area (Å²) >= 11 is 0. The third kappa shape index (κ3) is 4.28. The number of rotatable bonds is 4. The van der Waals surface area contributed by atoms with Gasteiger partial charge in [0.25, 0.3) is 5.91 Å². The lowest BCUT2D eigenvalue weighted by Crippen LogP contribution is -2.48. The average molecular weight is 317 g/mol. The molecule has 1 aromatic rings. The van der Waals surface area contributed by atoms with Gasteiger partial charge < -0.3 is 10.6 Å². The summed E-state index contributed by atoms with van der Waals surface area (Å²) in [5.41, 5.74) is 0.725. The Labute approximate surface area is 134 Å². The lowest BCUT2D eigenvalue weighted by Gasteiger charge is -2.31. The van der Waals surface area contributed by atoms with Crippen molar-refractivity contribution >= 4 is 11.8 Å². The van der Waals surface area contributed by atoms with E-state index in [-0.39, 0.29) is 35.9 Å². The van der Waals surface area contributed by atoms with E-state index in [1.165, 1.54) is 6.07 Å². The van der Waals surface area contributed by atoms with Gasteiger partial charge in [-0.1, -0.05) is 18.9 Å². The highest BCUT2D eigenvalue weighted by atomic mass is 19.1. The van der Waals surface area contributed by atoms with Crippen molar-refractivity contribution in [1.82, 2.24) is 10.6 Å². The molecule has 2 N–H and O–H groups in total. The maximum Gasteiger partial charge on any atom is 0.251 e. The highest BCUT2D eigenvalue weighted by Crippen LogP contribution is 2.25. The second-order valence-corrected chi connectivity index (χ2v) is 5.81. The Hall–Kier alpha value is -2.42. The third-order valence-corrected chi connectivity index (χ3v) is 4.19. The summed E-state index contributed by atoms with van der Waals surface area (Å²) in [4.78, 5) is 24.4. The van der Waals surface area contributed by atoms with Crippen molar-refractivity contribution in [2.75, 3.05) is 6.54 Å². The monoisotopic (exact) mass is 317 g/mol. The van der Waals surface area contributed by atoms with E-state index >= 15 is 0 Å². The van der Waals surface area contributed by atoms with Gasteiger partial charge in [0.05, 0.1) is 12.0 Å². The van der Waals surface area contributed by atoms with Gasteiger partial charge in [-0.2, -0.15) is 5.26 Å². The van der Waals surface area contributed by atoms with Gasteiger partial charge in [-0.3, -0.25) is 9.59 Å². The van der Waals surface area contributed by atoms with Gasteiger partial charge in [0.1, 0.15) is 12.4 Å². The van der Waals surface area contributed by atoms with Crippen LogP contribution in [-0.2, 0) is 4.79 Å². The molecule has 5 nitrogen and oxygen atoms in total. The zero-order valence-electron chi connectivity index (χ0n) is 13.1. The Morgan fingerprint density at radius 1 is 1.35 bits per heavy atom. The highest BCUT2D eigenvalue weighted by Gasteiger charge is 2.32. The predicted octanol–water partition coefficient (Wildman–Crippen LogP) is 2.06. The van der Waals surface area contributed by atoms with Crippen LogP contribution >= 0.6 is 0 Å². The van der Waals surface area contributed by atoms with E-state index in [2.05, 4.69) is 10.6 Å². The molecule has 0 spiro atoms. The minimum atomic E-state index is -0.426. The molecule has 0 aliphatic heterocycles. The number of nitrogens with one attached hydrogen (secondary N) is 2. The number of halogens is 1. The van der Waals surface area contributed by atoms with Gasteiger partial charge in [-0.15, -0.1) is 0 Å². The number of hydrogen-bond donors (Lipinski definition) is 2. The Bertz CT molecular complexity index is 639. The van der Waals surface area contributed by atoms with Gasteiger partial charge in [0, 0.05) is 11.6 Å². The Morgan fingerprint density at radius 2 is 2.09 bits per heavy atom. The van der Waals surface area contributed by atoms with Gasteiger partial charge in [-0.05, 0) is 37.5 Å². The van der Waals surface area contributed by atoms with Crippen LogP contribution in [0.5, 0.6) is 0 Å². The molecule has 2 atom stereocenters. The summed E-state index contributed by atoms with van der Waals surface area (Å²) in [6.45, 7) is 1.59. The maximum atomic E-state index is 13.6. The first-order valence-corrected chi connectivity index (χ1v) is 7.74. The van der Waals surface area contributed by atoms with E-state index in [4.69, 9.17) is 5.26 Å². The molecule has 1 aliphatic carbocycles. The summed E-state index contributed by atoms with van der Waals surface area (Å²) in [6, 6.07) is 5.91. The van der Waals surface area contributed by atoms with E-state index in [0.717, 1.165) is 12.8 Å². The van der Waals surface area contributed by atoms with Gasteiger partial charge in [0.15, 0.2) is 0 Å². The zero-order valence-corrected chi connectivity index (χ0v) is 13.1. The second kappa shape index (κ2) is 7.73. The fourth-order valence-corrected chi connectivity index (χ4v) is 2.86. The van der Waals surface area contributed by atoms with Crippen LogP contribution in [0, 0.1) is 30.0 Å². The number of hydrogen-bond acceptors (Lipinski definition) is 3. The van der Waals surface area contributed by atoms with E-state index in [1.54, 1.807) is 19.1 Å². The largest absolute Gasteiger partial charge is 0.349 e. The summed E-state index contributed by atoms with van der Waals surface area (Å²) in [5, 5.41) is 13.9. The first kappa shape index (κ1) is 16.9. The van der Waals surface area contributed by atoms with Gasteiger partial charge in [0.2, 0.25) is 5.91 Å². The quantitative estimate of drug-likeness (QED) is 0.834. The van der Waals surface area contributed by atoms with Crippen molar-refractivity contribution in [2.45, 2.75) is 38.6 Å². The molecule has 0 saturated heterocycles. The molecule has 0 heterocycles. The number of nitriles is 1. The lowest BCUT2D eigenvalue weighted by atomic mass is 9.83. The maximum absolute atomic E-state index is 13.6. The first-order chi connectivity index (χ1) is 11.0. The third-order valence-electron chi connectivity index (χ3n) is 4.19. The van der Waals surface area contributed by atoms with Crippen LogP contribution in [0.4, 0.5) is 4.39 Å². The van der Waals surface area contributed by atoms with E-state index in [1.807, 2.05) is 6.07 Å². The van der Waals surface area contributed by atoms with Crippen LogP contribution < -0.4 is 10.6 Å². The Morgan fingerprint density at radius 3 is 2.78 bits per heavy atom. The summed E-state index contributed by atoms with van der Waals surface area (Å²) in [5.74, 6) is -1.37. The standard InChI is InChI=1S/C17H20FN3O2/c1-11-6-7-12(10-14(11)18)16(22)21-15-5-3-2-4-13(15)17(23)20-9-8-19/h6-7,10,13,15H,2-5,9H2,1H3,(H,20,23)(H,21,22). The van der Waals surface area contributed by atoms with Crippen molar-refractivity contribution < 1.29 is 14.0 Å². The number of benzene rings is 1. The number of amides is 2. The van der Waals surface area contributed by atoms with Crippen molar-refractivity contribution in [2.24, 2.45) is 5.92 Å². The number of nitrogens with zero attached hydrogens (tertiary/aromatic N) is 1. The SMILES string of the molecule is Cc1ccc(C(=O)NC2CCCCC2C(=O)NCC#N)cc1F. The van der Waals surface area contributed by atoms with Crippen LogP contribution in [0.1, 0.15) is 41.6 Å². The fourth-order valence-electron chi connectivity index (χ4n) is 2.86. The van der Waals surface area contributed by atoms with Crippen molar-refractivity contribution in [3.63, 3.8) is 0 Å². The molecule has 122 valence electrons. The normalized spacial score (nSPS) is 20.4. The average Bonchev–Trinajstić information content (AvgIpc) is 2.55. The van der Waals surface area contributed by atoms with Crippen molar-refractivity contribution in [3.8, 4) is 6.07 Å². The molecule has 1 fully saturated rings. The van der Waals surface area contributed by atoms with Crippen LogP contribution in [0.3, 0.4) is 0 Å². The zero-order chi connectivity index (χ0) is 16.8. The lowest BCUT2D eigenvalue weighted by molar-refractivity contribution is -0.126. The number of carbonyl (C=O) groups excluding carboxylic acids is 2. The summed E-state index contributed by atoms with van der Waals surface area (Å²) in [6.07, 6.45) is 3.21. The van der Waals surface area contributed by atoms with Crippen LogP contribution in [0.15, 0.2) is 18.2 Å². The number of carbonyl (C=O) groups is 2. The molecule has 1 aromatic carbocycles. The molecule has 2 rings (SSSR count). The van der Waals surface area contributed by atoms with Gasteiger partial charge >= 0.3 is 0 Å². The molecule has 0 bridgehead atoms. The van der Waals surface area contributed by atoms with E-state index in [9.17, 15) is 14.0 Å². The molecule has 2 unspecified atom stereocenters. The number of aryl methyl sites for hydroxylation is 1. The molecule has 23 heavy (non-hydrogen) atoms. The van der Waals surface area contributed by atoms with Crippen LogP contribution in [0.25, 0.3) is 0 Å². The smallest absolute Gasteiger partial charge is 0.251 e. The summed E-state index contributed by atoms with van der Waals surface area (Å²) in [7, 11) is 0. The minimum Gasteiger partial charge on any atom is -0.349 e. The van der Waals surface area contributed by atoms with Crippen molar-refractivity contribution in [1.29, 1.82) is 5.26 Å². The highest BCUT2D eigenvalue weighted by molar-refractivity contribution is 5.95. The predicted molar refractivity (Wildman–Crippen MR) is 83.0 cm³/mol. The molecule has 1 aliphatic rings. The molecule has 2 amide bonds. The topological polar surface area (TPSA) is 82.0 Å². The molecule has 0 aromatic heterocycles. The fraction of sp³-hybridized carbons (Fsp3) is 0.471. The first-order valence-electron chi connectivity index (χ1n) is 7.74. The van der Waals surface area contributed by atoms with Crippen molar-refractivity contribution in [3.05, 3.63) is 35.1 Å². The van der Waals surface area contributed by atoms with Gasteiger partial charge in [-0.25, -0.2) is 4.39 Å². The second-order valence-electron chi connectivity index (χ2n) is 5.81. The van der Waals surface area contributed by atoms with E-state index < -0.39 is 5.82 Å². The molecule has 0 radical (unpaired) electrons. The van der Waals surface area contributed by atoms with Crippen LogP contribution in [-0.4, -0.2) is 24.4 Å². The molecule has 1 saturated carbocycles. The summed E-state index contributed by atoms with van der Waals surface area (Å²) < 4.78 is 13.6.